The van der Waals surface area contributed by atoms with Crippen molar-refractivity contribution in [2.75, 3.05) is 18.8 Å². The van der Waals surface area contributed by atoms with Crippen LogP contribution in [-0.2, 0) is 15.7 Å². The molecule has 1 fully saturated rings. The maximum absolute atomic E-state index is 11.6. The highest BCUT2D eigenvalue weighted by Gasteiger charge is 2.44. The van der Waals surface area contributed by atoms with Gasteiger partial charge in [0.1, 0.15) is 4.90 Å². The van der Waals surface area contributed by atoms with E-state index in [0.29, 0.717) is 24.4 Å². The first-order valence-corrected chi connectivity index (χ1v) is 9.65. The number of sulfonamides is 1. The highest BCUT2D eigenvalue weighted by molar-refractivity contribution is 8.14. The zero-order chi connectivity index (χ0) is 16.5. The second kappa shape index (κ2) is 7.58. The van der Waals surface area contributed by atoms with Gasteiger partial charge in [-0.25, -0.2) is 13.6 Å². The first-order chi connectivity index (χ1) is 10.2. The Hall–Kier alpha value is -0.510. The molecule has 1 aromatic rings. The van der Waals surface area contributed by atoms with Crippen LogP contribution in [0, 0.1) is 0 Å². The molecule has 0 radical (unpaired) electrons. The van der Waals surface area contributed by atoms with Crippen molar-refractivity contribution in [2.24, 2.45) is 10.1 Å². The number of thioether (sulfide) groups is 1. The number of hydrogen-bond donors (Lipinski definition) is 2. The van der Waals surface area contributed by atoms with Gasteiger partial charge in [-0.3, -0.25) is 4.99 Å². The summed E-state index contributed by atoms with van der Waals surface area (Å²) in [5.41, 5.74) is -0.908. The SMILES string of the molecule is CCN=C1SCC(O)(c2ccc(Cl)c(S(N)(=O)=O)c2)N1CC.Cl. The van der Waals surface area contributed by atoms with E-state index >= 15 is 0 Å². The number of aliphatic imine (C=N–C) groups is 1. The van der Waals surface area contributed by atoms with Gasteiger partial charge < -0.3 is 10.0 Å². The van der Waals surface area contributed by atoms with Crippen molar-refractivity contribution in [1.29, 1.82) is 0 Å². The normalized spacial score (nSPS) is 23.2. The molecule has 0 saturated carbocycles. The Morgan fingerprint density at radius 3 is 2.65 bits per heavy atom. The van der Waals surface area contributed by atoms with Gasteiger partial charge in [-0.15, -0.1) is 12.4 Å². The Morgan fingerprint density at radius 2 is 2.13 bits per heavy atom. The monoisotopic (exact) mass is 399 g/mol. The summed E-state index contributed by atoms with van der Waals surface area (Å²) in [5.74, 6) is 0.353. The van der Waals surface area contributed by atoms with Crippen molar-refractivity contribution < 1.29 is 13.5 Å². The van der Waals surface area contributed by atoms with Crippen LogP contribution in [0.5, 0.6) is 0 Å². The molecule has 1 aliphatic rings. The molecule has 1 unspecified atom stereocenters. The Morgan fingerprint density at radius 1 is 1.48 bits per heavy atom. The first-order valence-electron chi connectivity index (χ1n) is 6.74. The number of halogens is 2. The second-order valence-corrected chi connectivity index (χ2v) is 7.68. The predicted octanol–water partition coefficient (Wildman–Crippen LogP) is 2.00. The van der Waals surface area contributed by atoms with E-state index in [2.05, 4.69) is 4.99 Å². The number of nitrogens with zero attached hydrogens (tertiary/aromatic N) is 2. The molecule has 1 saturated heterocycles. The molecule has 1 atom stereocenters. The molecule has 130 valence electrons. The van der Waals surface area contributed by atoms with Crippen LogP contribution < -0.4 is 5.14 Å². The van der Waals surface area contributed by atoms with Gasteiger partial charge in [0.05, 0.1) is 10.8 Å². The number of hydrogen-bond acceptors (Lipinski definition) is 5. The van der Waals surface area contributed by atoms with Crippen molar-refractivity contribution in [3.8, 4) is 0 Å². The van der Waals surface area contributed by atoms with Crippen molar-refractivity contribution in [2.45, 2.75) is 24.5 Å². The van der Waals surface area contributed by atoms with Crippen LogP contribution in [0.25, 0.3) is 0 Å². The molecule has 23 heavy (non-hydrogen) atoms. The third kappa shape index (κ3) is 3.94. The number of amidine groups is 1. The van der Waals surface area contributed by atoms with Crippen LogP contribution >= 0.6 is 35.8 Å². The topological polar surface area (TPSA) is 96.0 Å². The van der Waals surface area contributed by atoms with Crippen LogP contribution in [0.4, 0.5) is 0 Å². The van der Waals surface area contributed by atoms with Gasteiger partial charge in [0.15, 0.2) is 10.9 Å². The Balaban J connectivity index is 0.00000264. The van der Waals surface area contributed by atoms with E-state index in [9.17, 15) is 13.5 Å². The van der Waals surface area contributed by atoms with Gasteiger partial charge in [0, 0.05) is 18.7 Å². The van der Waals surface area contributed by atoms with E-state index in [4.69, 9.17) is 16.7 Å². The van der Waals surface area contributed by atoms with Crippen molar-refractivity contribution in [3.05, 3.63) is 28.8 Å². The van der Waals surface area contributed by atoms with E-state index in [1.165, 1.54) is 23.9 Å². The molecule has 2 rings (SSSR count). The lowest BCUT2D eigenvalue weighted by atomic mass is 10.0. The molecule has 0 aromatic heterocycles. The van der Waals surface area contributed by atoms with Gasteiger partial charge >= 0.3 is 0 Å². The van der Waals surface area contributed by atoms with Crippen LogP contribution in [0.15, 0.2) is 28.1 Å². The van der Waals surface area contributed by atoms with Crippen LogP contribution in [0.1, 0.15) is 19.4 Å². The molecule has 0 amide bonds. The number of rotatable bonds is 4. The second-order valence-electron chi connectivity index (χ2n) is 4.80. The minimum absolute atomic E-state index is 0. The molecule has 0 spiro atoms. The van der Waals surface area contributed by atoms with E-state index in [1.54, 1.807) is 11.0 Å². The van der Waals surface area contributed by atoms with Gasteiger partial charge in [-0.2, -0.15) is 0 Å². The summed E-state index contributed by atoms with van der Waals surface area (Å²) < 4.78 is 23.2. The summed E-state index contributed by atoms with van der Waals surface area (Å²) in [6.45, 7) is 4.96. The smallest absolute Gasteiger partial charge is 0.239 e. The lowest BCUT2D eigenvalue weighted by molar-refractivity contribution is -0.0455. The fourth-order valence-corrected chi connectivity index (χ4v) is 4.73. The molecule has 6 nitrogen and oxygen atoms in total. The Kier molecular flexibility index (Phi) is 6.77. The van der Waals surface area contributed by atoms with Crippen LogP contribution in [0.3, 0.4) is 0 Å². The molecule has 1 heterocycles. The lowest BCUT2D eigenvalue weighted by Crippen LogP contribution is -2.45. The summed E-state index contributed by atoms with van der Waals surface area (Å²) in [6.07, 6.45) is 0. The molecular formula is C13H19Cl2N3O3S2. The average Bonchev–Trinajstić information content (AvgIpc) is 2.76. The van der Waals surface area contributed by atoms with Gasteiger partial charge in [-0.1, -0.05) is 29.4 Å². The minimum atomic E-state index is -3.96. The maximum Gasteiger partial charge on any atom is 0.239 e. The predicted molar refractivity (Wildman–Crippen MR) is 96.8 cm³/mol. The Bertz CT molecular complexity index is 712. The van der Waals surface area contributed by atoms with E-state index in [-0.39, 0.29) is 22.3 Å². The quantitative estimate of drug-likeness (QED) is 0.806. The summed E-state index contributed by atoms with van der Waals surface area (Å²) in [5, 5.41) is 17.0. The largest absolute Gasteiger partial charge is 0.366 e. The minimum Gasteiger partial charge on any atom is -0.366 e. The molecule has 0 aliphatic carbocycles. The van der Waals surface area contributed by atoms with Crippen LogP contribution in [-0.4, -0.2) is 42.4 Å². The summed E-state index contributed by atoms with van der Waals surface area (Å²) in [7, 11) is -3.96. The number of nitrogens with two attached hydrogens (primary N) is 1. The van der Waals surface area contributed by atoms with Gasteiger partial charge in [0.2, 0.25) is 10.0 Å². The van der Waals surface area contributed by atoms with Crippen molar-refractivity contribution in [1.82, 2.24) is 4.90 Å². The van der Waals surface area contributed by atoms with Crippen molar-refractivity contribution in [3.63, 3.8) is 0 Å². The standard InChI is InChI=1S/C13H18ClN3O3S2.ClH/c1-3-16-12-17(4-2)13(18,8-21-12)9-5-6-10(14)11(7-9)22(15,19)20;/h5-7,18H,3-4,8H2,1-2H3,(H2,15,19,20);1H. The first kappa shape index (κ1) is 20.5. The van der Waals surface area contributed by atoms with E-state index in [0.717, 1.165) is 5.17 Å². The zero-order valence-corrected chi connectivity index (χ0v) is 15.9. The third-order valence-electron chi connectivity index (χ3n) is 3.39. The maximum atomic E-state index is 11.6. The highest BCUT2D eigenvalue weighted by atomic mass is 35.5. The molecule has 1 aliphatic heterocycles. The number of primary sulfonamides is 1. The summed E-state index contributed by atoms with van der Waals surface area (Å²) in [4.78, 5) is 5.92. The zero-order valence-electron chi connectivity index (χ0n) is 12.7. The average molecular weight is 400 g/mol. The summed E-state index contributed by atoms with van der Waals surface area (Å²) >= 11 is 7.33. The van der Waals surface area contributed by atoms with Gasteiger partial charge in [0.25, 0.3) is 0 Å². The molecular weight excluding hydrogens is 381 g/mol. The number of benzene rings is 1. The highest BCUT2D eigenvalue weighted by Crippen LogP contribution is 2.40. The van der Waals surface area contributed by atoms with Gasteiger partial charge in [-0.05, 0) is 26.0 Å². The molecule has 10 heteroatoms. The van der Waals surface area contributed by atoms with Crippen molar-refractivity contribution >= 4 is 51.0 Å². The van der Waals surface area contributed by atoms with E-state index in [1.807, 2.05) is 13.8 Å². The van der Waals surface area contributed by atoms with E-state index < -0.39 is 15.7 Å². The Labute approximate surface area is 151 Å². The summed E-state index contributed by atoms with van der Waals surface area (Å²) in [6, 6.07) is 4.37. The molecule has 0 bridgehead atoms. The third-order valence-corrected chi connectivity index (χ3v) is 5.94. The molecule has 3 N–H and O–H groups in total. The van der Waals surface area contributed by atoms with Crippen LogP contribution in [0.2, 0.25) is 5.02 Å². The molecule has 1 aromatic carbocycles. The number of aliphatic hydroxyl groups is 1. The fraction of sp³-hybridized carbons (Fsp3) is 0.462. The lowest BCUT2D eigenvalue weighted by Gasteiger charge is -2.34. The fourth-order valence-electron chi connectivity index (χ4n) is 2.35.